The van der Waals surface area contributed by atoms with Crippen LogP contribution in [0.1, 0.15) is 48.4 Å². The van der Waals surface area contributed by atoms with Crippen molar-refractivity contribution < 1.29 is 4.74 Å². The van der Waals surface area contributed by atoms with Gasteiger partial charge in [0.25, 0.3) is 0 Å². The standard InChI is InChI=1S/C12H17N5OS/c1-8(2)12-11(19-16-14-12)6-17-5-10(13-15-17)9-3-4-18-7-9/h5,8-9H,3-4,6-7H2,1-2H3/t9-/m1/s1. The van der Waals surface area contributed by atoms with E-state index in [1.165, 1.54) is 11.5 Å². The Morgan fingerprint density at radius 2 is 2.37 bits per heavy atom. The lowest BCUT2D eigenvalue weighted by Crippen LogP contribution is -2.03. The molecule has 19 heavy (non-hydrogen) atoms. The van der Waals surface area contributed by atoms with Crippen molar-refractivity contribution in [1.29, 1.82) is 0 Å². The molecule has 0 unspecified atom stereocenters. The highest BCUT2D eigenvalue weighted by molar-refractivity contribution is 7.05. The van der Waals surface area contributed by atoms with Crippen LogP contribution in [0.4, 0.5) is 0 Å². The van der Waals surface area contributed by atoms with Gasteiger partial charge in [0.05, 0.1) is 29.4 Å². The fourth-order valence-corrected chi connectivity index (χ4v) is 3.04. The first-order chi connectivity index (χ1) is 9.24. The highest BCUT2D eigenvalue weighted by atomic mass is 32.1. The van der Waals surface area contributed by atoms with E-state index in [2.05, 4.69) is 33.7 Å². The zero-order chi connectivity index (χ0) is 13.2. The molecule has 2 aromatic rings. The first kappa shape index (κ1) is 12.7. The highest BCUT2D eigenvalue weighted by Crippen LogP contribution is 2.24. The van der Waals surface area contributed by atoms with Gasteiger partial charge < -0.3 is 4.74 Å². The number of ether oxygens (including phenoxy) is 1. The van der Waals surface area contributed by atoms with Crippen LogP contribution in [0.3, 0.4) is 0 Å². The Morgan fingerprint density at radius 1 is 1.47 bits per heavy atom. The minimum absolute atomic E-state index is 0.389. The molecule has 1 fully saturated rings. The van der Waals surface area contributed by atoms with Gasteiger partial charge in [-0.25, -0.2) is 4.68 Å². The maximum absolute atomic E-state index is 5.38. The van der Waals surface area contributed by atoms with Gasteiger partial charge in [0, 0.05) is 18.7 Å². The van der Waals surface area contributed by atoms with E-state index in [-0.39, 0.29) is 0 Å². The van der Waals surface area contributed by atoms with Crippen molar-refractivity contribution in [2.75, 3.05) is 13.2 Å². The van der Waals surface area contributed by atoms with Crippen LogP contribution in [0, 0.1) is 0 Å². The molecule has 0 spiro atoms. The maximum Gasteiger partial charge on any atom is 0.0881 e. The lowest BCUT2D eigenvalue weighted by molar-refractivity contribution is 0.193. The van der Waals surface area contributed by atoms with Gasteiger partial charge in [-0.15, -0.1) is 10.2 Å². The predicted octanol–water partition coefficient (Wildman–Crippen LogP) is 1.81. The summed E-state index contributed by atoms with van der Waals surface area (Å²) in [5, 5.41) is 12.6. The van der Waals surface area contributed by atoms with E-state index in [0.717, 1.165) is 35.9 Å². The van der Waals surface area contributed by atoms with Crippen LogP contribution in [0.15, 0.2) is 6.20 Å². The molecule has 0 bridgehead atoms. The van der Waals surface area contributed by atoms with Crippen molar-refractivity contribution in [2.45, 2.75) is 38.6 Å². The van der Waals surface area contributed by atoms with Gasteiger partial charge in [-0.05, 0) is 23.9 Å². The van der Waals surface area contributed by atoms with Crippen molar-refractivity contribution in [2.24, 2.45) is 0 Å². The monoisotopic (exact) mass is 279 g/mol. The number of hydrogen-bond acceptors (Lipinski definition) is 6. The van der Waals surface area contributed by atoms with Gasteiger partial charge in [-0.1, -0.05) is 23.5 Å². The van der Waals surface area contributed by atoms with Crippen molar-refractivity contribution in [1.82, 2.24) is 24.6 Å². The molecule has 1 saturated heterocycles. The summed E-state index contributed by atoms with van der Waals surface area (Å²) in [6.45, 7) is 6.54. The Kier molecular flexibility index (Phi) is 3.56. The van der Waals surface area contributed by atoms with Gasteiger partial charge >= 0.3 is 0 Å². The Hall–Kier alpha value is -1.34. The molecular weight excluding hydrogens is 262 g/mol. The zero-order valence-corrected chi connectivity index (χ0v) is 11.9. The fourth-order valence-electron chi connectivity index (χ4n) is 2.26. The third-order valence-electron chi connectivity index (χ3n) is 3.34. The van der Waals surface area contributed by atoms with Crippen LogP contribution in [0.2, 0.25) is 0 Å². The van der Waals surface area contributed by atoms with Gasteiger partial charge in [0.2, 0.25) is 0 Å². The van der Waals surface area contributed by atoms with E-state index in [0.29, 0.717) is 18.4 Å². The van der Waals surface area contributed by atoms with Crippen LogP contribution >= 0.6 is 11.5 Å². The molecule has 6 nitrogen and oxygen atoms in total. The quantitative estimate of drug-likeness (QED) is 0.854. The molecule has 1 aliphatic rings. The molecule has 7 heteroatoms. The Morgan fingerprint density at radius 3 is 3.11 bits per heavy atom. The van der Waals surface area contributed by atoms with E-state index < -0.39 is 0 Å². The van der Waals surface area contributed by atoms with Crippen LogP contribution in [-0.2, 0) is 11.3 Å². The lowest BCUT2D eigenvalue weighted by Gasteiger charge is -2.03. The molecule has 0 N–H and O–H groups in total. The molecule has 1 atom stereocenters. The SMILES string of the molecule is CC(C)c1nnsc1Cn1cc([C@@H]2CCOC2)nn1. The minimum Gasteiger partial charge on any atom is -0.381 e. The molecule has 0 saturated carbocycles. The normalized spacial score (nSPS) is 19.4. The smallest absolute Gasteiger partial charge is 0.0881 e. The summed E-state index contributed by atoms with van der Waals surface area (Å²) in [6.07, 6.45) is 3.06. The summed E-state index contributed by atoms with van der Waals surface area (Å²) >= 11 is 1.44. The number of aromatic nitrogens is 5. The van der Waals surface area contributed by atoms with Crippen LogP contribution in [0.5, 0.6) is 0 Å². The van der Waals surface area contributed by atoms with Crippen molar-refractivity contribution in [3.05, 3.63) is 22.5 Å². The van der Waals surface area contributed by atoms with Gasteiger partial charge in [0.15, 0.2) is 0 Å². The van der Waals surface area contributed by atoms with Gasteiger partial charge in [-0.3, -0.25) is 0 Å². The molecule has 0 aliphatic carbocycles. The Balaban J connectivity index is 1.74. The molecule has 0 amide bonds. The molecule has 3 rings (SSSR count). The van der Waals surface area contributed by atoms with E-state index in [9.17, 15) is 0 Å². The molecule has 2 aromatic heterocycles. The third-order valence-corrected chi connectivity index (χ3v) is 4.06. The van der Waals surface area contributed by atoms with E-state index >= 15 is 0 Å². The van der Waals surface area contributed by atoms with Gasteiger partial charge in [0.1, 0.15) is 0 Å². The first-order valence-corrected chi connectivity index (χ1v) is 7.30. The summed E-state index contributed by atoms with van der Waals surface area (Å²) in [5.41, 5.74) is 2.09. The summed E-state index contributed by atoms with van der Waals surface area (Å²) in [7, 11) is 0. The van der Waals surface area contributed by atoms with E-state index in [1.54, 1.807) is 0 Å². The average Bonchev–Trinajstić information content (AvgIpc) is 3.09. The average molecular weight is 279 g/mol. The second-order valence-corrected chi connectivity index (χ2v) is 5.98. The number of hydrogen-bond donors (Lipinski definition) is 0. The van der Waals surface area contributed by atoms with Crippen molar-refractivity contribution in [3.8, 4) is 0 Å². The fraction of sp³-hybridized carbons (Fsp3) is 0.667. The first-order valence-electron chi connectivity index (χ1n) is 6.53. The molecular formula is C12H17N5OS. The van der Waals surface area contributed by atoms with Crippen LogP contribution in [-0.4, -0.2) is 37.8 Å². The number of rotatable bonds is 4. The zero-order valence-electron chi connectivity index (χ0n) is 11.1. The van der Waals surface area contributed by atoms with Crippen molar-refractivity contribution >= 4 is 11.5 Å². The summed E-state index contributed by atoms with van der Waals surface area (Å²) < 4.78 is 11.3. The second kappa shape index (κ2) is 5.34. The number of nitrogens with zero attached hydrogens (tertiary/aromatic N) is 5. The molecule has 3 heterocycles. The predicted molar refractivity (Wildman–Crippen MR) is 71.3 cm³/mol. The topological polar surface area (TPSA) is 65.7 Å². The Labute approximate surface area is 116 Å². The van der Waals surface area contributed by atoms with Crippen LogP contribution < -0.4 is 0 Å². The molecule has 102 valence electrons. The second-order valence-electron chi connectivity index (χ2n) is 5.14. The van der Waals surface area contributed by atoms with E-state index in [4.69, 9.17) is 4.74 Å². The lowest BCUT2D eigenvalue weighted by atomic mass is 10.1. The molecule has 1 aliphatic heterocycles. The van der Waals surface area contributed by atoms with E-state index in [1.807, 2.05) is 10.9 Å². The summed E-state index contributed by atoms with van der Waals surface area (Å²) in [6, 6.07) is 0. The Bertz CT molecular complexity index is 544. The minimum atomic E-state index is 0.389. The maximum atomic E-state index is 5.38. The highest BCUT2D eigenvalue weighted by Gasteiger charge is 2.21. The molecule has 0 radical (unpaired) electrons. The largest absolute Gasteiger partial charge is 0.381 e. The van der Waals surface area contributed by atoms with Crippen molar-refractivity contribution in [3.63, 3.8) is 0 Å². The third kappa shape index (κ3) is 2.66. The molecule has 0 aromatic carbocycles. The summed E-state index contributed by atoms with van der Waals surface area (Å²) in [5.74, 6) is 0.790. The van der Waals surface area contributed by atoms with Gasteiger partial charge in [-0.2, -0.15) is 0 Å². The van der Waals surface area contributed by atoms with Crippen LogP contribution in [0.25, 0.3) is 0 Å². The summed E-state index contributed by atoms with van der Waals surface area (Å²) in [4.78, 5) is 1.16.